The molecule has 0 bridgehead atoms. The summed E-state index contributed by atoms with van der Waals surface area (Å²) >= 11 is 0. The van der Waals surface area contributed by atoms with Crippen LogP contribution in [-0.2, 0) is 11.8 Å². The smallest absolute Gasteiger partial charge is 0.0914 e. The minimum absolute atomic E-state index is 0.434. The van der Waals surface area contributed by atoms with Gasteiger partial charge in [0.05, 0.1) is 11.4 Å². The first-order valence-corrected chi connectivity index (χ1v) is 10.6. The number of hydrogen-bond donors (Lipinski definition) is 0. The van der Waals surface area contributed by atoms with Crippen LogP contribution in [0.1, 0.15) is 36.9 Å². The monoisotopic (exact) mass is 392 g/mol. The lowest BCUT2D eigenvalue weighted by molar-refractivity contribution is 0.0524. The zero-order valence-electron chi connectivity index (χ0n) is 18.1. The molecule has 0 radical (unpaired) electrons. The van der Waals surface area contributed by atoms with Gasteiger partial charge in [-0.3, -0.25) is 0 Å². The van der Waals surface area contributed by atoms with Crippen molar-refractivity contribution in [2.45, 2.75) is 32.6 Å². The SMILES string of the molecule is C=C(C)C1=CC(C(c2ccccc2-c2c(C)nnn2C)C2CCOCC2)CN1C. The summed E-state index contributed by atoms with van der Waals surface area (Å²) in [5, 5.41) is 8.58. The molecule has 1 fully saturated rings. The average Bonchev–Trinajstić information content (AvgIpc) is 3.25. The third-order valence-corrected chi connectivity index (χ3v) is 6.51. The summed E-state index contributed by atoms with van der Waals surface area (Å²) in [4.78, 5) is 2.36. The summed E-state index contributed by atoms with van der Waals surface area (Å²) in [7, 11) is 4.17. The largest absolute Gasteiger partial charge is 0.381 e. The number of benzene rings is 1. The van der Waals surface area contributed by atoms with E-state index in [0.29, 0.717) is 17.8 Å². The zero-order valence-corrected chi connectivity index (χ0v) is 18.1. The highest BCUT2D eigenvalue weighted by molar-refractivity contribution is 5.67. The van der Waals surface area contributed by atoms with E-state index in [4.69, 9.17) is 4.74 Å². The van der Waals surface area contributed by atoms with Gasteiger partial charge in [-0.2, -0.15) is 0 Å². The second kappa shape index (κ2) is 8.15. The third-order valence-electron chi connectivity index (χ3n) is 6.51. The molecule has 0 amide bonds. The van der Waals surface area contributed by atoms with Crippen molar-refractivity contribution in [3.05, 3.63) is 59.4 Å². The van der Waals surface area contributed by atoms with Crippen molar-refractivity contribution in [2.75, 3.05) is 26.8 Å². The van der Waals surface area contributed by atoms with Crippen molar-refractivity contribution < 1.29 is 4.74 Å². The molecule has 5 nitrogen and oxygen atoms in total. The predicted molar refractivity (Wildman–Crippen MR) is 116 cm³/mol. The van der Waals surface area contributed by atoms with Crippen LogP contribution in [0.25, 0.3) is 11.3 Å². The van der Waals surface area contributed by atoms with Gasteiger partial charge in [-0.15, -0.1) is 5.10 Å². The lowest BCUT2D eigenvalue weighted by Crippen LogP contribution is -2.29. The van der Waals surface area contributed by atoms with Crippen molar-refractivity contribution in [1.82, 2.24) is 19.9 Å². The molecule has 1 aromatic carbocycles. The third kappa shape index (κ3) is 3.76. The Labute approximate surface area is 174 Å². The zero-order chi connectivity index (χ0) is 20.5. The quantitative estimate of drug-likeness (QED) is 0.760. The van der Waals surface area contributed by atoms with E-state index in [2.05, 4.69) is 66.1 Å². The molecule has 0 aliphatic carbocycles. The van der Waals surface area contributed by atoms with Crippen LogP contribution in [-0.4, -0.2) is 46.7 Å². The van der Waals surface area contributed by atoms with Crippen LogP contribution in [0.5, 0.6) is 0 Å². The van der Waals surface area contributed by atoms with Crippen LogP contribution in [0.4, 0.5) is 0 Å². The molecule has 4 rings (SSSR count). The number of hydrogen-bond acceptors (Lipinski definition) is 4. The number of aromatic nitrogens is 3. The van der Waals surface area contributed by atoms with Gasteiger partial charge in [0.1, 0.15) is 0 Å². The Hall–Kier alpha value is -2.40. The summed E-state index contributed by atoms with van der Waals surface area (Å²) < 4.78 is 7.61. The second-order valence-corrected chi connectivity index (χ2v) is 8.59. The highest BCUT2D eigenvalue weighted by atomic mass is 16.5. The first-order chi connectivity index (χ1) is 14.0. The van der Waals surface area contributed by atoms with Crippen LogP contribution in [0, 0.1) is 18.8 Å². The molecule has 2 aliphatic heterocycles. The molecular formula is C24H32N4O. The second-order valence-electron chi connectivity index (χ2n) is 8.59. The van der Waals surface area contributed by atoms with Gasteiger partial charge in [-0.25, -0.2) is 4.68 Å². The molecule has 3 heterocycles. The van der Waals surface area contributed by atoms with Crippen molar-refractivity contribution in [1.29, 1.82) is 0 Å². The molecule has 1 saturated heterocycles. The van der Waals surface area contributed by atoms with Crippen LogP contribution in [0.15, 0.2) is 48.2 Å². The Balaban J connectivity index is 1.82. The Morgan fingerprint density at radius 1 is 1.21 bits per heavy atom. The van der Waals surface area contributed by atoms with Crippen LogP contribution < -0.4 is 0 Å². The molecule has 0 saturated carbocycles. The number of rotatable bonds is 5. The normalized spacial score (nSPS) is 21.3. The van der Waals surface area contributed by atoms with E-state index in [1.807, 2.05) is 18.7 Å². The van der Waals surface area contributed by atoms with Gasteiger partial charge in [0.15, 0.2) is 0 Å². The van der Waals surface area contributed by atoms with Crippen LogP contribution in [0.2, 0.25) is 0 Å². The van der Waals surface area contributed by atoms with Crippen molar-refractivity contribution in [3.63, 3.8) is 0 Å². The Kier molecular flexibility index (Phi) is 5.59. The van der Waals surface area contributed by atoms with Crippen molar-refractivity contribution in [2.24, 2.45) is 18.9 Å². The molecule has 154 valence electrons. The summed E-state index contributed by atoms with van der Waals surface area (Å²) in [5.41, 5.74) is 7.18. The maximum Gasteiger partial charge on any atom is 0.0914 e. The van der Waals surface area contributed by atoms with E-state index in [0.717, 1.165) is 49.6 Å². The minimum atomic E-state index is 0.434. The molecular weight excluding hydrogens is 360 g/mol. The van der Waals surface area contributed by atoms with E-state index in [1.54, 1.807) is 0 Å². The van der Waals surface area contributed by atoms with Gasteiger partial charge in [-0.1, -0.05) is 42.1 Å². The average molecular weight is 393 g/mol. The first-order valence-electron chi connectivity index (χ1n) is 10.6. The fourth-order valence-electron chi connectivity index (χ4n) is 5.22. The molecule has 5 heteroatoms. The van der Waals surface area contributed by atoms with E-state index >= 15 is 0 Å². The van der Waals surface area contributed by atoms with Gasteiger partial charge < -0.3 is 9.64 Å². The standard InChI is InChI=1S/C24H32N4O/c1-16(2)22-14-19(15-27(22)4)23(18-10-12-29-13-11-18)20-8-6-7-9-21(20)24-17(3)25-26-28(24)5/h6-9,14,18-19,23H,1,10-13,15H2,2-5H3. The van der Waals surface area contributed by atoms with Gasteiger partial charge in [-0.05, 0) is 49.7 Å². The molecule has 1 aromatic heterocycles. The van der Waals surface area contributed by atoms with E-state index in [-0.39, 0.29) is 0 Å². The number of nitrogens with zero attached hydrogens (tertiary/aromatic N) is 4. The maximum absolute atomic E-state index is 5.71. The Morgan fingerprint density at radius 2 is 1.93 bits per heavy atom. The summed E-state index contributed by atoms with van der Waals surface area (Å²) in [5.74, 6) is 1.49. The van der Waals surface area contributed by atoms with Gasteiger partial charge >= 0.3 is 0 Å². The lowest BCUT2D eigenvalue weighted by atomic mass is 9.72. The number of aryl methyl sites for hydroxylation is 2. The van der Waals surface area contributed by atoms with Gasteiger partial charge in [0.25, 0.3) is 0 Å². The molecule has 2 atom stereocenters. The minimum Gasteiger partial charge on any atom is -0.381 e. The molecule has 0 spiro atoms. The number of allylic oxidation sites excluding steroid dienone is 1. The molecule has 0 N–H and O–H groups in total. The van der Waals surface area contributed by atoms with Crippen molar-refractivity contribution >= 4 is 0 Å². The highest BCUT2D eigenvalue weighted by Gasteiger charge is 2.36. The van der Waals surface area contributed by atoms with E-state index in [9.17, 15) is 0 Å². The summed E-state index contributed by atoms with van der Waals surface area (Å²) in [6, 6.07) is 8.85. The maximum atomic E-state index is 5.71. The van der Waals surface area contributed by atoms with Gasteiger partial charge in [0.2, 0.25) is 0 Å². The van der Waals surface area contributed by atoms with Gasteiger partial charge in [0, 0.05) is 51.0 Å². The molecule has 29 heavy (non-hydrogen) atoms. The number of likely N-dealkylation sites (N-methyl/N-ethyl adjacent to an activating group) is 1. The molecule has 2 aliphatic rings. The predicted octanol–water partition coefficient (Wildman–Crippen LogP) is 4.32. The lowest BCUT2D eigenvalue weighted by Gasteiger charge is -2.35. The van der Waals surface area contributed by atoms with E-state index in [1.165, 1.54) is 16.8 Å². The fraction of sp³-hybridized carbons (Fsp3) is 0.500. The van der Waals surface area contributed by atoms with E-state index < -0.39 is 0 Å². The van der Waals surface area contributed by atoms with Crippen LogP contribution >= 0.6 is 0 Å². The Bertz CT molecular complexity index is 903. The molecule has 2 unspecified atom stereocenters. The topological polar surface area (TPSA) is 43.2 Å². The first kappa shape index (κ1) is 19.9. The van der Waals surface area contributed by atoms with Crippen molar-refractivity contribution in [3.8, 4) is 11.3 Å². The number of ether oxygens (including phenoxy) is 1. The summed E-state index contributed by atoms with van der Waals surface area (Å²) in [6.07, 6.45) is 4.67. The molecule has 2 aromatic rings. The fourth-order valence-corrected chi connectivity index (χ4v) is 5.22. The Morgan fingerprint density at radius 3 is 2.55 bits per heavy atom. The highest BCUT2D eigenvalue weighted by Crippen LogP contribution is 2.45. The van der Waals surface area contributed by atoms with Crippen LogP contribution in [0.3, 0.4) is 0 Å². The summed E-state index contributed by atoms with van der Waals surface area (Å²) in [6.45, 7) is 11.1.